The van der Waals surface area contributed by atoms with E-state index in [1.807, 2.05) is 0 Å². The number of nitrogens with zero attached hydrogens (tertiary/aromatic N) is 1. The highest BCUT2D eigenvalue weighted by molar-refractivity contribution is 4.91. The summed E-state index contributed by atoms with van der Waals surface area (Å²) >= 11 is 0. The second kappa shape index (κ2) is 5.92. The first-order chi connectivity index (χ1) is 8.83. The molecular formula is C16H30N2. The highest BCUT2D eigenvalue weighted by atomic mass is 15.2. The summed E-state index contributed by atoms with van der Waals surface area (Å²) in [7, 11) is 0. The zero-order valence-corrected chi connectivity index (χ0v) is 12.0. The van der Waals surface area contributed by atoms with Crippen LogP contribution in [0.1, 0.15) is 64.7 Å². The van der Waals surface area contributed by atoms with Crippen LogP contribution < -0.4 is 5.32 Å². The van der Waals surface area contributed by atoms with Gasteiger partial charge in [0.15, 0.2) is 0 Å². The van der Waals surface area contributed by atoms with Gasteiger partial charge in [0.05, 0.1) is 0 Å². The van der Waals surface area contributed by atoms with Crippen molar-refractivity contribution >= 4 is 0 Å². The van der Waals surface area contributed by atoms with E-state index in [1.165, 1.54) is 70.9 Å². The maximum absolute atomic E-state index is 3.84. The molecule has 2 heteroatoms. The summed E-state index contributed by atoms with van der Waals surface area (Å²) in [5.74, 6) is 1.04. The van der Waals surface area contributed by atoms with E-state index >= 15 is 0 Å². The maximum Gasteiger partial charge on any atom is 0.0195 e. The Labute approximate surface area is 113 Å². The van der Waals surface area contributed by atoms with Gasteiger partial charge in [-0.3, -0.25) is 4.90 Å². The van der Waals surface area contributed by atoms with E-state index in [-0.39, 0.29) is 0 Å². The molecule has 0 bridgehead atoms. The number of rotatable bonds is 7. The van der Waals surface area contributed by atoms with Crippen LogP contribution in [0.5, 0.6) is 0 Å². The smallest absolute Gasteiger partial charge is 0.0195 e. The fourth-order valence-corrected chi connectivity index (χ4v) is 3.45. The molecule has 18 heavy (non-hydrogen) atoms. The van der Waals surface area contributed by atoms with Crippen molar-refractivity contribution in [3.63, 3.8) is 0 Å². The Morgan fingerprint density at radius 3 is 2.33 bits per heavy atom. The van der Waals surface area contributed by atoms with Crippen molar-refractivity contribution in [1.29, 1.82) is 0 Å². The van der Waals surface area contributed by atoms with E-state index < -0.39 is 0 Å². The van der Waals surface area contributed by atoms with Crippen molar-refractivity contribution in [1.82, 2.24) is 10.2 Å². The standard InChI is InChI=1S/C16H30N2/c1-13(11-17-15-5-3-2-4-6-15)18(16-9-10-16)12-14-7-8-14/h13-17H,2-12H2,1H3. The Kier molecular flexibility index (Phi) is 4.25. The van der Waals surface area contributed by atoms with Crippen LogP contribution in [0, 0.1) is 5.92 Å². The lowest BCUT2D eigenvalue weighted by Crippen LogP contribution is -2.45. The Bertz CT molecular complexity index is 252. The molecule has 0 aromatic carbocycles. The van der Waals surface area contributed by atoms with Gasteiger partial charge in [0.1, 0.15) is 0 Å². The average molecular weight is 250 g/mol. The lowest BCUT2D eigenvalue weighted by Gasteiger charge is -2.32. The Balaban J connectivity index is 1.41. The molecule has 3 saturated carbocycles. The van der Waals surface area contributed by atoms with Gasteiger partial charge in [-0.2, -0.15) is 0 Å². The van der Waals surface area contributed by atoms with Gasteiger partial charge < -0.3 is 5.32 Å². The van der Waals surface area contributed by atoms with Gasteiger partial charge in [-0.15, -0.1) is 0 Å². The Hall–Kier alpha value is -0.0800. The van der Waals surface area contributed by atoms with E-state index in [4.69, 9.17) is 0 Å². The van der Waals surface area contributed by atoms with Crippen molar-refractivity contribution in [3.8, 4) is 0 Å². The number of hydrogen-bond acceptors (Lipinski definition) is 2. The predicted octanol–water partition coefficient (Wildman–Crippen LogP) is 3.17. The molecular weight excluding hydrogens is 220 g/mol. The molecule has 0 aromatic heterocycles. The molecule has 0 saturated heterocycles. The third-order valence-electron chi connectivity index (χ3n) is 5.06. The van der Waals surface area contributed by atoms with Gasteiger partial charge in [0.2, 0.25) is 0 Å². The summed E-state index contributed by atoms with van der Waals surface area (Å²) in [6.07, 6.45) is 13.1. The summed E-state index contributed by atoms with van der Waals surface area (Å²) in [6.45, 7) is 5.04. The highest BCUT2D eigenvalue weighted by Crippen LogP contribution is 2.35. The monoisotopic (exact) mass is 250 g/mol. The van der Waals surface area contributed by atoms with E-state index in [1.54, 1.807) is 0 Å². The van der Waals surface area contributed by atoms with Crippen LogP contribution in [0.25, 0.3) is 0 Å². The van der Waals surface area contributed by atoms with Crippen LogP contribution in [0.4, 0.5) is 0 Å². The van der Waals surface area contributed by atoms with E-state index in [2.05, 4.69) is 17.1 Å². The topological polar surface area (TPSA) is 15.3 Å². The predicted molar refractivity (Wildman–Crippen MR) is 76.8 cm³/mol. The molecule has 1 unspecified atom stereocenters. The van der Waals surface area contributed by atoms with Gasteiger partial charge in [-0.25, -0.2) is 0 Å². The third-order valence-corrected chi connectivity index (χ3v) is 5.06. The summed E-state index contributed by atoms with van der Waals surface area (Å²) in [4.78, 5) is 2.81. The van der Waals surface area contributed by atoms with Crippen LogP contribution in [0.2, 0.25) is 0 Å². The van der Waals surface area contributed by atoms with Crippen molar-refractivity contribution < 1.29 is 0 Å². The van der Waals surface area contributed by atoms with Gasteiger partial charge in [0, 0.05) is 31.2 Å². The van der Waals surface area contributed by atoms with Crippen LogP contribution in [0.3, 0.4) is 0 Å². The van der Waals surface area contributed by atoms with Gasteiger partial charge in [-0.1, -0.05) is 19.3 Å². The van der Waals surface area contributed by atoms with Crippen molar-refractivity contribution in [2.24, 2.45) is 5.92 Å². The SMILES string of the molecule is CC(CNC1CCCCC1)N(CC1CC1)C1CC1. The second-order valence-corrected chi connectivity index (χ2v) is 6.96. The molecule has 0 aromatic rings. The van der Waals surface area contributed by atoms with Crippen LogP contribution >= 0.6 is 0 Å². The molecule has 0 spiro atoms. The summed E-state index contributed by atoms with van der Waals surface area (Å²) in [5, 5.41) is 3.84. The zero-order valence-electron chi connectivity index (χ0n) is 12.0. The molecule has 0 heterocycles. The van der Waals surface area contributed by atoms with Crippen molar-refractivity contribution in [3.05, 3.63) is 0 Å². The van der Waals surface area contributed by atoms with Gasteiger partial charge >= 0.3 is 0 Å². The summed E-state index contributed by atoms with van der Waals surface area (Å²) < 4.78 is 0. The fourth-order valence-electron chi connectivity index (χ4n) is 3.45. The third kappa shape index (κ3) is 3.71. The zero-order chi connectivity index (χ0) is 12.4. The Morgan fingerprint density at radius 2 is 1.72 bits per heavy atom. The quantitative estimate of drug-likeness (QED) is 0.746. The second-order valence-electron chi connectivity index (χ2n) is 6.96. The molecule has 104 valence electrons. The minimum Gasteiger partial charge on any atom is -0.312 e. The molecule has 0 amide bonds. The minimum absolute atomic E-state index is 0.750. The largest absolute Gasteiger partial charge is 0.312 e. The molecule has 3 aliphatic rings. The minimum atomic E-state index is 0.750. The normalized spacial score (nSPS) is 27.7. The summed E-state index contributed by atoms with van der Waals surface area (Å²) in [6, 6.07) is 2.51. The molecule has 1 N–H and O–H groups in total. The van der Waals surface area contributed by atoms with Crippen LogP contribution in [-0.2, 0) is 0 Å². The Morgan fingerprint density at radius 1 is 1.00 bits per heavy atom. The first-order valence-corrected chi connectivity index (χ1v) is 8.32. The lowest BCUT2D eigenvalue weighted by molar-refractivity contribution is 0.179. The number of hydrogen-bond donors (Lipinski definition) is 1. The first-order valence-electron chi connectivity index (χ1n) is 8.32. The van der Waals surface area contributed by atoms with E-state index in [0.29, 0.717) is 0 Å². The molecule has 0 aliphatic heterocycles. The first kappa shape index (κ1) is 12.9. The lowest BCUT2D eigenvalue weighted by atomic mass is 9.95. The maximum atomic E-state index is 3.84. The van der Waals surface area contributed by atoms with E-state index in [9.17, 15) is 0 Å². The summed E-state index contributed by atoms with van der Waals surface area (Å²) in [5.41, 5.74) is 0. The van der Waals surface area contributed by atoms with Crippen molar-refractivity contribution in [2.75, 3.05) is 13.1 Å². The van der Waals surface area contributed by atoms with Gasteiger partial charge in [0.25, 0.3) is 0 Å². The van der Waals surface area contributed by atoms with Gasteiger partial charge in [-0.05, 0) is 51.4 Å². The van der Waals surface area contributed by atoms with Crippen molar-refractivity contribution in [2.45, 2.75) is 82.8 Å². The molecule has 3 rings (SSSR count). The van der Waals surface area contributed by atoms with Crippen LogP contribution in [0.15, 0.2) is 0 Å². The molecule has 2 nitrogen and oxygen atoms in total. The van der Waals surface area contributed by atoms with Crippen LogP contribution in [-0.4, -0.2) is 36.1 Å². The fraction of sp³-hybridized carbons (Fsp3) is 1.00. The number of nitrogens with one attached hydrogen (secondary N) is 1. The molecule has 3 aliphatic carbocycles. The highest BCUT2D eigenvalue weighted by Gasteiger charge is 2.36. The average Bonchev–Trinajstić information content (AvgIpc) is 3.28. The molecule has 0 radical (unpaired) electrons. The molecule has 1 atom stereocenters. The molecule has 3 fully saturated rings. The van der Waals surface area contributed by atoms with E-state index in [0.717, 1.165) is 24.0 Å².